The molecule has 1 saturated carbocycles. The molecule has 2 heterocycles. The van der Waals surface area contributed by atoms with Gasteiger partial charge in [0.25, 0.3) is 0 Å². The Balaban J connectivity index is 1.58. The van der Waals surface area contributed by atoms with Gasteiger partial charge in [-0.2, -0.15) is 0 Å². The van der Waals surface area contributed by atoms with Crippen molar-refractivity contribution >= 4 is 11.0 Å². The number of aliphatic hydroxyl groups is 1. The van der Waals surface area contributed by atoms with E-state index in [-0.39, 0.29) is 11.7 Å². The summed E-state index contributed by atoms with van der Waals surface area (Å²) in [5.41, 5.74) is 1.11. The van der Waals surface area contributed by atoms with Gasteiger partial charge < -0.3 is 19.2 Å². The minimum atomic E-state index is -1.11. The van der Waals surface area contributed by atoms with Gasteiger partial charge in [-0.3, -0.25) is 0 Å². The van der Waals surface area contributed by atoms with Crippen LogP contribution < -0.4 is 0 Å². The van der Waals surface area contributed by atoms with Crippen molar-refractivity contribution in [1.29, 1.82) is 0 Å². The molecule has 5 heteroatoms. The lowest BCUT2D eigenvalue weighted by Gasteiger charge is -2.50. The lowest BCUT2D eigenvalue weighted by atomic mass is 9.64. The van der Waals surface area contributed by atoms with Crippen LogP contribution in [0.4, 0.5) is 4.39 Å². The summed E-state index contributed by atoms with van der Waals surface area (Å²) in [6, 6.07) is 14.5. The molecule has 5 rings (SSSR count). The standard InChI is InChI=1S/C25H28FNO3/c1-27(2)16-18-15-24(11-12-25(18,28)17-6-5-7-19(26)14-17)23-21(10-13-29-24)20-8-3-4-9-22(20)30-23/h3-9,14,18,28H,10-13,15-16H2,1-2H3. The first-order valence-corrected chi connectivity index (χ1v) is 10.7. The smallest absolute Gasteiger partial charge is 0.140 e. The maximum atomic E-state index is 14.0. The highest BCUT2D eigenvalue weighted by molar-refractivity contribution is 5.82. The van der Waals surface area contributed by atoms with E-state index in [4.69, 9.17) is 9.15 Å². The molecule has 3 atom stereocenters. The molecule has 1 aromatic heterocycles. The molecule has 3 unspecified atom stereocenters. The van der Waals surface area contributed by atoms with Crippen LogP contribution in [0.5, 0.6) is 0 Å². The predicted molar refractivity (Wildman–Crippen MR) is 114 cm³/mol. The second-order valence-electron chi connectivity index (χ2n) is 9.10. The number of fused-ring (bicyclic) bond motifs is 4. The highest BCUT2D eigenvalue weighted by Gasteiger charge is 2.54. The maximum absolute atomic E-state index is 14.0. The third kappa shape index (κ3) is 3.08. The highest BCUT2D eigenvalue weighted by atomic mass is 19.1. The molecule has 0 amide bonds. The van der Waals surface area contributed by atoms with Gasteiger partial charge in [0.1, 0.15) is 22.8 Å². The van der Waals surface area contributed by atoms with E-state index in [1.165, 1.54) is 17.7 Å². The van der Waals surface area contributed by atoms with Gasteiger partial charge in [0.2, 0.25) is 0 Å². The number of furan rings is 1. The summed E-state index contributed by atoms with van der Waals surface area (Å²) in [6.07, 6.45) is 2.59. The number of hydrogen-bond donors (Lipinski definition) is 1. The number of halogens is 1. The summed E-state index contributed by atoms with van der Waals surface area (Å²) < 4.78 is 26.8. The summed E-state index contributed by atoms with van der Waals surface area (Å²) >= 11 is 0. The molecule has 0 bridgehead atoms. The van der Waals surface area contributed by atoms with Crippen LogP contribution in [0.25, 0.3) is 11.0 Å². The zero-order valence-electron chi connectivity index (χ0n) is 17.5. The Bertz CT molecular complexity index is 1080. The maximum Gasteiger partial charge on any atom is 0.140 e. The first-order chi connectivity index (χ1) is 14.4. The van der Waals surface area contributed by atoms with Crippen LogP contribution >= 0.6 is 0 Å². The molecule has 1 aliphatic carbocycles. The molecule has 158 valence electrons. The van der Waals surface area contributed by atoms with E-state index in [0.717, 1.165) is 23.2 Å². The molecule has 1 aliphatic heterocycles. The summed E-state index contributed by atoms with van der Waals surface area (Å²) in [5.74, 6) is 0.473. The minimum Gasteiger partial charge on any atom is -0.458 e. The number of hydrogen-bond acceptors (Lipinski definition) is 4. The van der Waals surface area contributed by atoms with Crippen LogP contribution in [-0.4, -0.2) is 37.3 Å². The van der Waals surface area contributed by atoms with E-state index in [1.54, 1.807) is 6.07 Å². The molecule has 2 aromatic carbocycles. The molecule has 1 spiro atoms. The Kier molecular flexibility index (Phi) is 4.73. The number of para-hydroxylation sites is 1. The molecular weight excluding hydrogens is 381 g/mol. The van der Waals surface area contributed by atoms with Crippen LogP contribution in [-0.2, 0) is 22.4 Å². The van der Waals surface area contributed by atoms with Gasteiger partial charge in [0.05, 0.1) is 12.2 Å². The first-order valence-electron chi connectivity index (χ1n) is 10.7. The minimum absolute atomic E-state index is 0.123. The summed E-state index contributed by atoms with van der Waals surface area (Å²) in [4.78, 5) is 2.08. The quantitative estimate of drug-likeness (QED) is 0.687. The van der Waals surface area contributed by atoms with Crippen LogP contribution in [0.2, 0.25) is 0 Å². The average molecular weight is 410 g/mol. The van der Waals surface area contributed by atoms with Crippen LogP contribution in [0.3, 0.4) is 0 Å². The van der Waals surface area contributed by atoms with Gasteiger partial charge in [-0.05, 0) is 63.5 Å². The normalized spacial score (nSPS) is 28.9. The zero-order valence-corrected chi connectivity index (χ0v) is 17.5. The highest BCUT2D eigenvalue weighted by Crippen LogP contribution is 2.54. The van der Waals surface area contributed by atoms with Crippen LogP contribution in [0.1, 0.15) is 36.1 Å². The Labute approximate surface area is 176 Å². The second kappa shape index (κ2) is 7.19. The topological polar surface area (TPSA) is 45.8 Å². The van der Waals surface area contributed by atoms with Crippen molar-refractivity contribution in [2.24, 2.45) is 5.92 Å². The zero-order chi connectivity index (χ0) is 20.9. The fourth-order valence-corrected chi connectivity index (χ4v) is 5.53. The lowest BCUT2D eigenvalue weighted by Crippen LogP contribution is -2.51. The molecule has 4 nitrogen and oxygen atoms in total. The fraction of sp³-hybridized carbons (Fsp3) is 0.440. The summed E-state index contributed by atoms with van der Waals surface area (Å²) in [7, 11) is 4.00. The molecule has 0 saturated heterocycles. The van der Waals surface area contributed by atoms with Crippen molar-refractivity contribution in [3.63, 3.8) is 0 Å². The molecule has 1 fully saturated rings. The van der Waals surface area contributed by atoms with Crippen molar-refractivity contribution in [2.75, 3.05) is 27.2 Å². The Morgan fingerprint density at radius 2 is 1.97 bits per heavy atom. The molecule has 1 N–H and O–H groups in total. The molecule has 0 radical (unpaired) electrons. The van der Waals surface area contributed by atoms with Gasteiger partial charge in [-0.25, -0.2) is 4.39 Å². The second-order valence-corrected chi connectivity index (χ2v) is 9.10. The Morgan fingerprint density at radius 1 is 1.13 bits per heavy atom. The van der Waals surface area contributed by atoms with Gasteiger partial charge in [-0.15, -0.1) is 0 Å². The van der Waals surface area contributed by atoms with Crippen LogP contribution in [0.15, 0.2) is 52.9 Å². The van der Waals surface area contributed by atoms with E-state index in [2.05, 4.69) is 11.0 Å². The van der Waals surface area contributed by atoms with Crippen LogP contribution in [0, 0.1) is 11.7 Å². The van der Waals surface area contributed by atoms with Crippen molar-refractivity contribution in [2.45, 2.75) is 36.9 Å². The average Bonchev–Trinajstić information content (AvgIpc) is 3.11. The molecule has 2 aliphatic rings. The van der Waals surface area contributed by atoms with Crippen molar-refractivity contribution in [3.05, 3.63) is 71.2 Å². The Hall–Kier alpha value is -2.21. The first kappa shape index (κ1) is 19.7. The number of rotatable bonds is 3. The summed E-state index contributed by atoms with van der Waals surface area (Å²) in [6.45, 7) is 1.32. The van der Waals surface area contributed by atoms with Gasteiger partial charge >= 0.3 is 0 Å². The van der Waals surface area contributed by atoms with E-state index in [9.17, 15) is 9.50 Å². The fourth-order valence-electron chi connectivity index (χ4n) is 5.53. The number of benzene rings is 2. The van der Waals surface area contributed by atoms with E-state index in [0.29, 0.717) is 38.0 Å². The molecule has 3 aromatic rings. The monoisotopic (exact) mass is 409 g/mol. The molecule has 30 heavy (non-hydrogen) atoms. The van der Waals surface area contributed by atoms with Gasteiger partial charge in [0, 0.05) is 23.4 Å². The number of ether oxygens (including phenoxy) is 1. The Morgan fingerprint density at radius 3 is 2.77 bits per heavy atom. The number of nitrogens with zero attached hydrogens (tertiary/aromatic N) is 1. The third-order valence-electron chi connectivity index (χ3n) is 6.91. The van der Waals surface area contributed by atoms with E-state index >= 15 is 0 Å². The lowest BCUT2D eigenvalue weighted by molar-refractivity contribution is -0.171. The van der Waals surface area contributed by atoms with Gasteiger partial charge in [-0.1, -0.05) is 30.3 Å². The van der Waals surface area contributed by atoms with Crippen molar-refractivity contribution in [1.82, 2.24) is 4.90 Å². The van der Waals surface area contributed by atoms with Gasteiger partial charge in [0.15, 0.2) is 0 Å². The van der Waals surface area contributed by atoms with E-state index in [1.807, 2.05) is 38.4 Å². The SMILES string of the molecule is CN(C)CC1CC2(CCC1(O)c1cccc(F)c1)OCCc1c2oc2ccccc12. The van der Waals surface area contributed by atoms with Crippen molar-refractivity contribution in [3.8, 4) is 0 Å². The molecular formula is C25H28FNO3. The predicted octanol–water partition coefficient (Wildman–Crippen LogP) is 4.59. The largest absolute Gasteiger partial charge is 0.458 e. The van der Waals surface area contributed by atoms with Crippen molar-refractivity contribution < 1.29 is 18.7 Å². The van der Waals surface area contributed by atoms with E-state index < -0.39 is 11.2 Å². The summed E-state index contributed by atoms with van der Waals surface area (Å²) in [5, 5.41) is 13.0. The third-order valence-corrected chi connectivity index (χ3v) is 6.91.